The molecule has 1 rings (SSSR count). The maximum atomic E-state index is 5.64. The lowest BCUT2D eigenvalue weighted by Crippen LogP contribution is -2.33. The van der Waals surface area contributed by atoms with Crippen LogP contribution in [0.4, 0.5) is 0 Å². The molecule has 0 amide bonds. The Bertz CT molecular complexity index is 335. The minimum Gasteiger partial charge on any atom is -0.370 e. The topological polar surface area (TPSA) is 63.3 Å². The molecule has 3 N–H and O–H groups in total. The van der Waals surface area contributed by atoms with Gasteiger partial charge in [-0.2, -0.15) is 0 Å². The average Bonchev–Trinajstić information content (AvgIpc) is 2.67. The Morgan fingerprint density at radius 3 is 3.00 bits per heavy atom. The molecule has 0 saturated carbocycles. The quantitative estimate of drug-likeness (QED) is 0.368. The molecule has 0 radical (unpaired) electrons. The first-order chi connectivity index (χ1) is 7.18. The van der Waals surface area contributed by atoms with E-state index in [-0.39, 0.29) is 24.0 Å². The van der Waals surface area contributed by atoms with E-state index in [1.807, 2.05) is 12.3 Å². The number of nitrogens with zero attached hydrogens (tertiary/aromatic N) is 2. The molecule has 90 valence electrons. The average molecular weight is 352 g/mol. The van der Waals surface area contributed by atoms with E-state index < -0.39 is 0 Å². The van der Waals surface area contributed by atoms with Gasteiger partial charge in [-0.1, -0.05) is 12.2 Å². The number of halogens is 1. The molecule has 0 saturated heterocycles. The lowest BCUT2D eigenvalue weighted by atomic mass is 10.4. The highest BCUT2D eigenvalue weighted by Gasteiger charge is 1.95. The van der Waals surface area contributed by atoms with E-state index in [4.69, 9.17) is 5.73 Å². The first kappa shape index (κ1) is 15.4. The van der Waals surface area contributed by atoms with Gasteiger partial charge in [-0.05, 0) is 6.92 Å². The van der Waals surface area contributed by atoms with Crippen LogP contribution in [0, 0.1) is 0 Å². The Labute approximate surface area is 117 Å². The summed E-state index contributed by atoms with van der Waals surface area (Å²) in [7, 11) is 0. The first-order valence-electron chi connectivity index (χ1n) is 4.75. The molecule has 0 fully saturated rings. The van der Waals surface area contributed by atoms with Gasteiger partial charge in [-0.25, -0.2) is 9.98 Å². The van der Waals surface area contributed by atoms with Crippen LogP contribution in [0.3, 0.4) is 0 Å². The van der Waals surface area contributed by atoms with Crippen molar-refractivity contribution in [2.24, 2.45) is 10.7 Å². The Balaban J connectivity index is 0.00000225. The van der Waals surface area contributed by atoms with E-state index >= 15 is 0 Å². The predicted molar refractivity (Wildman–Crippen MR) is 80.5 cm³/mol. The van der Waals surface area contributed by atoms with Gasteiger partial charge in [0.05, 0.1) is 11.6 Å². The number of rotatable bonds is 5. The van der Waals surface area contributed by atoms with Crippen LogP contribution in [0.2, 0.25) is 0 Å². The summed E-state index contributed by atoms with van der Waals surface area (Å²) in [5.74, 6) is 0.467. The molecule has 0 aliphatic heterocycles. The molecule has 0 aliphatic carbocycles. The number of thiazole rings is 1. The monoisotopic (exact) mass is 352 g/mol. The Morgan fingerprint density at radius 2 is 2.44 bits per heavy atom. The zero-order chi connectivity index (χ0) is 11.1. The maximum absolute atomic E-state index is 5.64. The van der Waals surface area contributed by atoms with Gasteiger partial charge in [0.15, 0.2) is 5.96 Å². The number of aliphatic imine (C=N–C) groups is 1. The number of nitrogens with two attached hydrogens (primary N) is 1. The fourth-order valence-corrected chi connectivity index (χ4v) is 1.57. The molecular formula is C10H17IN4S. The highest BCUT2D eigenvalue weighted by Crippen LogP contribution is 2.03. The van der Waals surface area contributed by atoms with Crippen molar-refractivity contribution >= 4 is 41.3 Å². The molecule has 6 heteroatoms. The third kappa shape index (κ3) is 6.78. The van der Waals surface area contributed by atoms with E-state index in [2.05, 4.69) is 21.9 Å². The SMILES string of the molecule is C=C(C)CN=C(N)NCCc1nccs1.I. The second-order valence-electron chi connectivity index (χ2n) is 3.26. The fraction of sp³-hybridized carbons (Fsp3) is 0.400. The van der Waals surface area contributed by atoms with Crippen molar-refractivity contribution in [3.05, 3.63) is 28.7 Å². The Hall–Kier alpha value is -0.630. The molecule has 0 spiro atoms. The van der Waals surface area contributed by atoms with E-state index in [0.717, 1.165) is 23.5 Å². The minimum absolute atomic E-state index is 0. The zero-order valence-electron chi connectivity index (χ0n) is 9.27. The van der Waals surface area contributed by atoms with Crippen LogP contribution in [-0.2, 0) is 6.42 Å². The van der Waals surface area contributed by atoms with Crippen molar-refractivity contribution < 1.29 is 0 Å². The molecule has 0 aromatic carbocycles. The number of guanidine groups is 1. The summed E-state index contributed by atoms with van der Waals surface area (Å²) in [6.45, 7) is 7.01. The summed E-state index contributed by atoms with van der Waals surface area (Å²) in [4.78, 5) is 8.28. The van der Waals surface area contributed by atoms with Gasteiger partial charge in [-0.3, -0.25) is 0 Å². The number of hydrogen-bond donors (Lipinski definition) is 2. The van der Waals surface area contributed by atoms with Crippen LogP contribution in [0.5, 0.6) is 0 Å². The van der Waals surface area contributed by atoms with Gasteiger partial charge < -0.3 is 11.1 Å². The summed E-state index contributed by atoms with van der Waals surface area (Å²) < 4.78 is 0. The van der Waals surface area contributed by atoms with Crippen molar-refractivity contribution in [1.29, 1.82) is 0 Å². The van der Waals surface area contributed by atoms with E-state index in [1.54, 1.807) is 17.5 Å². The highest BCUT2D eigenvalue weighted by atomic mass is 127. The number of hydrogen-bond acceptors (Lipinski definition) is 3. The van der Waals surface area contributed by atoms with Crippen LogP contribution in [-0.4, -0.2) is 24.0 Å². The highest BCUT2D eigenvalue weighted by molar-refractivity contribution is 14.0. The molecule has 0 unspecified atom stereocenters. The summed E-state index contributed by atoms with van der Waals surface area (Å²) >= 11 is 1.65. The third-order valence-electron chi connectivity index (χ3n) is 1.65. The second-order valence-corrected chi connectivity index (χ2v) is 4.24. The van der Waals surface area contributed by atoms with E-state index in [0.29, 0.717) is 12.5 Å². The molecule has 1 aromatic rings. The smallest absolute Gasteiger partial charge is 0.188 e. The normalized spacial score (nSPS) is 10.7. The fourth-order valence-electron chi connectivity index (χ4n) is 0.950. The van der Waals surface area contributed by atoms with Crippen LogP contribution < -0.4 is 11.1 Å². The Kier molecular flexibility index (Phi) is 8.18. The van der Waals surface area contributed by atoms with Crippen molar-refractivity contribution in [2.45, 2.75) is 13.3 Å². The van der Waals surface area contributed by atoms with Gasteiger partial charge in [0.25, 0.3) is 0 Å². The standard InChI is InChI=1S/C10H16N4S.HI/c1-8(2)7-14-10(11)13-4-3-9-12-5-6-15-9;/h5-6H,1,3-4,7H2,2H3,(H3,11,13,14);1H. The first-order valence-corrected chi connectivity index (χ1v) is 5.63. The number of nitrogens with one attached hydrogen (secondary N) is 1. The molecule has 0 aliphatic rings. The molecular weight excluding hydrogens is 335 g/mol. The van der Waals surface area contributed by atoms with Crippen molar-refractivity contribution in [3.63, 3.8) is 0 Å². The van der Waals surface area contributed by atoms with Crippen LogP contribution >= 0.6 is 35.3 Å². The maximum Gasteiger partial charge on any atom is 0.188 e. The lowest BCUT2D eigenvalue weighted by Gasteiger charge is -2.03. The Morgan fingerprint density at radius 1 is 1.69 bits per heavy atom. The molecule has 4 nitrogen and oxygen atoms in total. The summed E-state index contributed by atoms with van der Waals surface area (Å²) in [5, 5.41) is 6.10. The summed E-state index contributed by atoms with van der Waals surface area (Å²) in [6.07, 6.45) is 2.68. The molecule has 0 atom stereocenters. The van der Waals surface area contributed by atoms with E-state index in [9.17, 15) is 0 Å². The third-order valence-corrected chi connectivity index (χ3v) is 2.49. The minimum atomic E-state index is 0. The zero-order valence-corrected chi connectivity index (χ0v) is 12.4. The van der Waals surface area contributed by atoms with Crippen molar-refractivity contribution in [3.8, 4) is 0 Å². The molecule has 0 bridgehead atoms. The van der Waals surface area contributed by atoms with Crippen LogP contribution in [0.25, 0.3) is 0 Å². The largest absolute Gasteiger partial charge is 0.370 e. The van der Waals surface area contributed by atoms with Gasteiger partial charge in [0.1, 0.15) is 0 Å². The second kappa shape index (κ2) is 8.51. The van der Waals surface area contributed by atoms with Crippen LogP contribution in [0.15, 0.2) is 28.7 Å². The molecule has 1 aromatic heterocycles. The predicted octanol–water partition coefficient (Wildman–Crippen LogP) is 1.78. The van der Waals surface area contributed by atoms with Gasteiger partial charge in [0, 0.05) is 24.5 Å². The number of aromatic nitrogens is 1. The summed E-state index contributed by atoms with van der Waals surface area (Å²) in [6, 6.07) is 0. The lowest BCUT2D eigenvalue weighted by molar-refractivity contribution is 0.846. The molecule has 16 heavy (non-hydrogen) atoms. The van der Waals surface area contributed by atoms with Gasteiger partial charge >= 0.3 is 0 Å². The summed E-state index contributed by atoms with van der Waals surface area (Å²) in [5.41, 5.74) is 6.64. The van der Waals surface area contributed by atoms with E-state index in [1.165, 1.54) is 0 Å². The van der Waals surface area contributed by atoms with Crippen LogP contribution in [0.1, 0.15) is 11.9 Å². The van der Waals surface area contributed by atoms with Gasteiger partial charge in [-0.15, -0.1) is 35.3 Å². The van der Waals surface area contributed by atoms with Crippen molar-refractivity contribution in [2.75, 3.05) is 13.1 Å². The molecule has 1 heterocycles. The van der Waals surface area contributed by atoms with Gasteiger partial charge in [0.2, 0.25) is 0 Å². The van der Waals surface area contributed by atoms with Crippen molar-refractivity contribution in [1.82, 2.24) is 10.3 Å².